The van der Waals surface area contributed by atoms with Crippen LogP contribution in [0.4, 0.5) is 0 Å². The van der Waals surface area contributed by atoms with Crippen molar-refractivity contribution in [1.29, 1.82) is 0 Å². The average Bonchev–Trinajstić information content (AvgIpc) is 2.13. The van der Waals surface area contributed by atoms with E-state index in [1.807, 2.05) is 0 Å². The van der Waals surface area contributed by atoms with Crippen molar-refractivity contribution >= 4 is 11.8 Å². The Hall–Kier alpha value is -0.570. The lowest BCUT2D eigenvalue weighted by Crippen LogP contribution is -2.14. The third-order valence-electron chi connectivity index (χ3n) is 2.06. The van der Waals surface area contributed by atoms with E-state index in [1.54, 1.807) is 18.1 Å². The van der Waals surface area contributed by atoms with Crippen LogP contribution in [0.2, 0.25) is 0 Å². The van der Waals surface area contributed by atoms with Crippen LogP contribution in [0.5, 0.6) is 0 Å². The minimum atomic E-state index is 0.0972. The molecule has 0 unspecified atom stereocenters. The number of hydrogen-bond donors (Lipinski definition) is 0. The molecule has 0 amide bonds. The lowest BCUT2D eigenvalue weighted by molar-refractivity contribution is 0.480. The molecule has 0 radical (unpaired) electrons. The molecule has 0 saturated heterocycles. The molecule has 16 heavy (non-hydrogen) atoms. The Labute approximate surface area is 103 Å². The van der Waals surface area contributed by atoms with Gasteiger partial charge in [-0.05, 0) is 11.5 Å². The van der Waals surface area contributed by atoms with E-state index < -0.39 is 0 Å². The molecule has 2 nitrogen and oxygen atoms in total. The second-order valence-corrected chi connectivity index (χ2v) is 7.34. The van der Waals surface area contributed by atoms with Crippen LogP contribution in [0, 0.1) is 5.41 Å². The summed E-state index contributed by atoms with van der Waals surface area (Å²) in [5, 5.41) is 1.08. The van der Waals surface area contributed by atoms with E-state index in [0.29, 0.717) is 5.41 Å². The fraction of sp³-hybridized carbons (Fsp3) is 0.692. The predicted molar refractivity (Wildman–Crippen MR) is 70.9 cm³/mol. The van der Waals surface area contributed by atoms with Crippen LogP contribution in [0.15, 0.2) is 17.4 Å². The van der Waals surface area contributed by atoms with Gasteiger partial charge in [0.25, 0.3) is 0 Å². The lowest BCUT2D eigenvalue weighted by Gasteiger charge is -2.19. The third kappa shape index (κ3) is 4.52. The fourth-order valence-electron chi connectivity index (χ4n) is 1.12. The highest BCUT2D eigenvalue weighted by Crippen LogP contribution is 2.28. The van der Waals surface area contributed by atoms with Crippen LogP contribution in [0.3, 0.4) is 0 Å². The highest BCUT2D eigenvalue weighted by atomic mass is 32.2. The Bertz CT molecular complexity index is 348. The van der Waals surface area contributed by atoms with Crippen molar-refractivity contribution < 1.29 is 0 Å². The normalized spacial score (nSPS) is 12.9. The summed E-state index contributed by atoms with van der Waals surface area (Å²) >= 11 is 1.81. The largest absolute Gasteiger partial charge is 0.241 e. The van der Waals surface area contributed by atoms with Crippen molar-refractivity contribution in [2.45, 2.75) is 52.0 Å². The van der Waals surface area contributed by atoms with E-state index in [4.69, 9.17) is 0 Å². The highest BCUT2D eigenvalue weighted by Gasteiger charge is 2.17. The predicted octanol–water partition coefficient (Wildman–Crippen LogP) is 3.91. The van der Waals surface area contributed by atoms with E-state index in [-0.39, 0.29) is 5.41 Å². The van der Waals surface area contributed by atoms with Crippen LogP contribution in [-0.2, 0) is 5.41 Å². The van der Waals surface area contributed by atoms with E-state index in [9.17, 15) is 0 Å². The van der Waals surface area contributed by atoms with Gasteiger partial charge in [0.1, 0.15) is 6.33 Å². The first-order chi connectivity index (χ1) is 7.18. The van der Waals surface area contributed by atoms with Gasteiger partial charge in [-0.3, -0.25) is 0 Å². The third-order valence-corrected chi connectivity index (χ3v) is 3.59. The van der Waals surface area contributed by atoms with E-state index >= 15 is 0 Å². The molecular formula is C13H22N2S. The molecule has 0 aliphatic carbocycles. The molecule has 1 heterocycles. The lowest BCUT2D eigenvalue weighted by atomic mass is 9.92. The average molecular weight is 238 g/mol. The van der Waals surface area contributed by atoms with E-state index in [1.165, 1.54) is 0 Å². The molecule has 0 saturated carbocycles. The molecule has 0 bridgehead atoms. The number of aromatic nitrogens is 2. The summed E-state index contributed by atoms with van der Waals surface area (Å²) in [5.41, 5.74) is 1.54. The maximum Gasteiger partial charge on any atom is 0.116 e. The van der Waals surface area contributed by atoms with Gasteiger partial charge in [-0.25, -0.2) is 9.97 Å². The molecule has 0 aromatic carbocycles. The quantitative estimate of drug-likeness (QED) is 0.577. The van der Waals surface area contributed by atoms with Crippen molar-refractivity contribution in [2.24, 2.45) is 5.41 Å². The van der Waals surface area contributed by atoms with Gasteiger partial charge in [-0.2, -0.15) is 0 Å². The molecule has 0 fully saturated rings. The summed E-state index contributed by atoms with van der Waals surface area (Å²) in [6.07, 6.45) is 1.67. The maximum absolute atomic E-state index is 4.33. The van der Waals surface area contributed by atoms with E-state index in [2.05, 4.69) is 57.6 Å². The Morgan fingerprint density at radius 3 is 2.19 bits per heavy atom. The van der Waals surface area contributed by atoms with Gasteiger partial charge in [-0.1, -0.05) is 41.5 Å². The molecule has 0 atom stereocenters. The fourth-order valence-corrected chi connectivity index (χ4v) is 2.02. The van der Waals surface area contributed by atoms with Crippen LogP contribution in [-0.4, -0.2) is 15.7 Å². The second-order valence-electron chi connectivity index (χ2n) is 6.34. The van der Waals surface area contributed by atoms with Crippen LogP contribution >= 0.6 is 11.8 Å². The van der Waals surface area contributed by atoms with Crippen LogP contribution in [0.25, 0.3) is 0 Å². The van der Waals surface area contributed by atoms with Gasteiger partial charge in [0.05, 0.1) is 10.7 Å². The van der Waals surface area contributed by atoms with Gasteiger partial charge in [0.15, 0.2) is 0 Å². The first kappa shape index (κ1) is 13.5. The number of thioether (sulfide) groups is 1. The zero-order chi connectivity index (χ0) is 12.4. The van der Waals surface area contributed by atoms with Crippen molar-refractivity contribution in [3.05, 3.63) is 18.1 Å². The number of rotatable bonds is 2. The molecular weight excluding hydrogens is 216 g/mol. The Kier molecular flexibility index (Phi) is 4.00. The second kappa shape index (κ2) is 4.74. The summed E-state index contributed by atoms with van der Waals surface area (Å²) in [5.74, 6) is 1.08. The Morgan fingerprint density at radius 1 is 1.06 bits per heavy atom. The van der Waals surface area contributed by atoms with Gasteiger partial charge < -0.3 is 0 Å². The summed E-state index contributed by atoms with van der Waals surface area (Å²) < 4.78 is 0. The molecule has 1 rings (SSSR count). The van der Waals surface area contributed by atoms with Crippen molar-refractivity contribution in [1.82, 2.24) is 9.97 Å². The maximum atomic E-state index is 4.33. The van der Waals surface area contributed by atoms with Gasteiger partial charge in [-0.15, -0.1) is 11.8 Å². The number of nitrogens with zero attached hydrogens (tertiary/aromatic N) is 2. The summed E-state index contributed by atoms with van der Waals surface area (Å²) in [4.78, 5) is 8.64. The molecule has 0 aliphatic rings. The zero-order valence-corrected chi connectivity index (χ0v) is 12.0. The first-order valence-electron chi connectivity index (χ1n) is 5.64. The van der Waals surface area contributed by atoms with Gasteiger partial charge >= 0.3 is 0 Å². The molecule has 1 aromatic rings. The van der Waals surface area contributed by atoms with Crippen molar-refractivity contribution in [3.63, 3.8) is 0 Å². The summed E-state index contributed by atoms with van der Waals surface area (Å²) in [7, 11) is 0. The standard InChI is InChI=1S/C13H22N2S/c1-12(2,3)8-16-11-7-10(13(4,5)6)14-9-15-11/h7,9H,8H2,1-6H3. The van der Waals surface area contributed by atoms with Crippen molar-refractivity contribution in [3.8, 4) is 0 Å². The van der Waals surface area contributed by atoms with Crippen molar-refractivity contribution in [2.75, 3.05) is 5.75 Å². The smallest absolute Gasteiger partial charge is 0.116 e. The molecule has 1 aromatic heterocycles. The number of hydrogen-bond acceptors (Lipinski definition) is 3. The summed E-state index contributed by atoms with van der Waals surface area (Å²) in [6.45, 7) is 13.2. The minimum Gasteiger partial charge on any atom is -0.241 e. The Morgan fingerprint density at radius 2 is 1.69 bits per heavy atom. The Balaban J connectivity index is 2.76. The summed E-state index contributed by atoms with van der Waals surface area (Å²) in [6, 6.07) is 2.11. The highest BCUT2D eigenvalue weighted by molar-refractivity contribution is 7.99. The molecule has 0 N–H and O–H groups in total. The zero-order valence-electron chi connectivity index (χ0n) is 11.2. The molecule has 3 heteroatoms. The SMILES string of the molecule is CC(C)(C)CSc1cc(C(C)(C)C)ncn1. The first-order valence-corrected chi connectivity index (χ1v) is 6.62. The molecule has 0 aliphatic heterocycles. The molecule has 90 valence electrons. The minimum absolute atomic E-state index is 0.0972. The molecule has 0 spiro atoms. The van der Waals surface area contributed by atoms with E-state index in [0.717, 1.165) is 16.5 Å². The van der Waals surface area contributed by atoms with Gasteiger partial charge in [0, 0.05) is 11.2 Å². The van der Waals surface area contributed by atoms with Crippen LogP contribution in [0.1, 0.15) is 47.2 Å². The van der Waals surface area contributed by atoms with Gasteiger partial charge in [0.2, 0.25) is 0 Å². The monoisotopic (exact) mass is 238 g/mol. The topological polar surface area (TPSA) is 25.8 Å². The van der Waals surface area contributed by atoms with Crippen LogP contribution < -0.4 is 0 Å².